The summed E-state index contributed by atoms with van der Waals surface area (Å²) in [5.74, 6) is 3.76. The van der Waals surface area contributed by atoms with Crippen LogP contribution in [0.15, 0.2) is 58.9 Å². The quantitative estimate of drug-likeness (QED) is 0.332. The minimum Gasteiger partial charge on any atom is -0.454 e. The van der Waals surface area contributed by atoms with Crippen LogP contribution >= 0.6 is 15.9 Å². The van der Waals surface area contributed by atoms with Gasteiger partial charge in [0, 0.05) is 50.7 Å². The van der Waals surface area contributed by atoms with Crippen molar-refractivity contribution in [1.29, 1.82) is 0 Å². The number of halogens is 1. The van der Waals surface area contributed by atoms with Gasteiger partial charge in [0.15, 0.2) is 17.1 Å². The number of hydrogen-bond acceptors (Lipinski definition) is 7. The lowest BCUT2D eigenvalue weighted by molar-refractivity contribution is -0.118. The van der Waals surface area contributed by atoms with Crippen LogP contribution in [0.5, 0.6) is 11.5 Å². The molecule has 0 unspecified atom stereocenters. The highest BCUT2D eigenvalue weighted by molar-refractivity contribution is 9.10. The van der Waals surface area contributed by atoms with Crippen LogP contribution in [0, 0.1) is 5.92 Å². The van der Waals surface area contributed by atoms with Gasteiger partial charge in [0.25, 0.3) is 0 Å². The number of hydrogen-bond donors (Lipinski definition) is 1. The first-order valence-electron chi connectivity index (χ1n) is 13.8. The van der Waals surface area contributed by atoms with Crippen molar-refractivity contribution in [3.63, 3.8) is 0 Å². The van der Waals surface area contributed by atoms with Gasteiger partial charge in [0.2, 0.25) is 6.79 Å². The van der Waals surface area contributed by atoms with E-state index in [0.717, 1.165) is 83.9 Å². The summed E-state index contributed by atoms with van der Waals surface area (Å²) < 4.78 is 13.6. The fraction of sp³-hybridized carbons (Fsp3) is 0.433. The normalized spacial score (nSPS) is 20.4. The molecule has 0 spiro atoms. The minimum atomic E-state index is 0.254. The lowest BCUT2D eigenvalue weighted by atomic mass is 9.78. The summed E-state index contributed by atoms with van der Waals surface area (Å²) in [5.41, 5.74) is 4.29. The average molecular weight is 593 g/mol. The van der Waals surface area contributed by atoms with Gasteiger partial charge in [-0.05, 0) is 89.5 Å². The van der Waals surface area contributed by atoms with E-state index in [-0.39, 0.29) is 6.79 Å². The molecule has 1 aromatic carbocycles. The standard InChI is InChI=1S/C30H34BrN5O3/c1-35-12-2-3-22(18-35)16-32-29-15-26(34-30-25(31)17-33-36(29)30)23-8-4-20(5-9-23)6-10-24(37)13-21-7-11-27-28(14-21)39-19-38-27/h2-3,7,11-12,14-15,17,20,23,32H,4-6,8-10,13,16,18-19H2,1H3. The molecule has 4 heterocycles. The number of anilines is 1. The van der Waals surface area contributed by atoms with Gasteiger partial charge in [-0.2, -0.15) is 9.61 Å². The second-order valence-electron chi connectivity index (χ2n) is 10.9. The molecule has 2 aliphatic heterocycles. The Hall–Kier alpha value is -3.33. The highest BCUT2D eigenvalue weighted by Gasteiger charge is 2.25. The number of rotatable bonds is 9. The van der Waals surface area contributed by atoms with Gasteiger partial charge < -0.3 is 19.7 Å². The van der Waals surface area contributed by atoms with Crippen LogP contribution < -0.4 is 14.8 Å². The summed E-state index contributed by atoms with van der Waals surface area (Å²) in [6.45, 7) is 1.93. The van der Waals surface area contributed by atoms with Crippen molar-refractivity contribution in [1.82, 2.24) is 19.5 Å². The number of ketones is 1. The Morgan fingerprint density at radius 1 is 1.15 bits per heavy atom. The second kappa shape index (κ2) is 11.4. The smallest absolute Gasteiger partial charge is 0.231 e. The zero-order valence-electron chi connectivity index (χ0n) is 22.2. The van der Waals surface area contributed by atoms with Gasteiger partial charge in [-0.1, -0.05) is 12.1 Å². The van der Waals surface area contributed by atoms with E-state index in [2.05, 4.69) is 62.7 Å². The third kappa shape index (κ3) is 5.98. The molecule has 0 bridgehead atoms. The van der Waals surface area contributed by atoms with Crippen molar-refractivity contribution in [3.8, 4) is 11.5 Å². The minimum absolute atomic E-state index is 0.254. The maximum atomic E-state index is 12.7. The molecule has 0 saturated heterocycles. The highest BCUT2D eigenvalue weighted by atomic mass is 79.9. The Morgan fingerprint density at radius 3 is 2.85 bits per heavy atom. The van der Waals surface area contributed by atoms with E-state index in [9.17, 15) is 4.79 Å². The number of ether oxygens (including phenoxy) is 2. The molecule has 1 fully saturated rings. The molecule has 0 radical (unpaired) electrons. The first-order chi connectivity index (χ1) is 19.0. The summed E-state index contributed by atoms with van der Waals surface area (Å²) >= 11 is 3.63. The van der Waals surface area contributed by atoms with Gasteiger partial charge in [-0.25, -0.2) is 4.98 Å². The predicted molar refractivity (Wildman–Crippen MR) is 154 cm³/mol. The highest BCUT2D eigenvalue weighted by Crippen LogP contribution is 2.38. The average Bonchev–Trinajstić information content (AvgIpc) is 3.57. The maximum absolute atomic E-state index is 12.7. The van der Waals surface area contributed by atoms with Gasteiger partial charge in [0.05, 0.1) is 10.7 Å². The van der Waals surface area contributed by atoms with Crippen molar-refractivity contribution >= 4 is 33.2 Å². The first kappa shape index (κ1) is 25.9. The number of allylic oxidation sites excluding steroid dienone is 2. The topological polar surface area (TPSA) is 81.0 Å². The molecule has 39 heavy (non-hydrogen) atoms. The number of benzene rings is 1. The van der Waals surface area contributed by atoms with E-state index in [1.807, 2.05) is 28.9 Å². The number of aromatic nitrogens is 3. The first-order valence-corrected chi connectivity index (χ1v) is 14.6. The van der Waals surface area contributed by atoms with Crippen LogP contribution in [0.4, 0.5) is 5.82 Å². The van der Waals surface area contributed by atoms with E-state index in [0.29, 0.717) is 30.5 Å². The number of fused-ring (bicyclic) bond motifs is 2. The van der Waals surface area contributed by atoms with Crippen LogP contribution in [0.25, 0.3) is 5.65 Å². The molecule has 2 aromatic heterocycles. The van der Waals surface area contributed by atoms with Gasteiger partial charge in [0.1, 0.15) is 11.6 Å². The largest absolute Gasteiger partial charge is 0.454 e. The van der Waals surface area contributed by atoms with Crippen molar-refractivity contribution in [3.05, 3.63) is 70.1 Å². The van der Waals surface area contributed by atoms with Gasteiger partial charge >= 0.3 is 0 Å². The van der Waals surface area contributed by atoms with E-state index < -0.39 is 0 Å². The summed E-state index contributed by atoms with van der Waals surface area (Å²) in [4.78, 5) is 19.9. The van der Waals surface area contributed by atoms with Crippen molar-refractivity contribution in [2.24, 2.45) is 5.92 Å². The van der Waals surface area contributed by atoms with E-state index in [4.69, 9.17) is 14.5 Å². The van der Waals surface area contributed by atoms with Crippen LogP contribution in [0.3, 0.4) is 0 Å². The van der Waals surface area contributed by atoms with E-state index >= 15 is 0 Å². The molecule has 1 N–H and O–H groups in total. The third-order valence-electron chi connectivity index (χ3n) is 8.00. The van der Waals surface area contributed by atoms with Crippen molar-refractivity contribution < 1.29 is 14.3 Å². The summed E-state index contributed by atoms with van der Waals surface area (Å²) in [5, 5.41) is 8.14. The number of likely N-dealkylation sites (N-methyl/N-ethyl adjacent to an activating group) is 1. The summed E-state index contributed by atoms with van der Waals surface area (Å²) in [6, 6.07) is 7.96. The third-order valence-corrected chi connectivity index (χ3v) is 8.56. The Morgan fingerprint density at radius 2 is 2.00 bits per heavy atom. The van der Waals surface area contributed by atoms with Crippen molar-refractivity contribution in [2.45, 2.75) is 50.9 Å². The fourth-order valence-electron chi connectivity index (χ4n) is 5.84. The SMILES string of the molecule is CN1C=CC=C(CNc2cc(C3CCC(CCC(=O)Cc4ccc5c(c4)OCO5)CC3)nc3c(Br)cnn23)C1. The lowest BCUT2D eigenvalue weighted by Crippen LogP contribution is -2.22. The zero-order valence-corrected chi connectivity index (χ0v) is 23.8. The summed E-state index contributed by atoms with van der Waals surface area (Å²) in [6.07, 6.45) is 14.6. The monoisotopic (exact) mass is 591 g/mol. The molecule has 1 aliphatic carbocycles. The van der Waals surface area contributed by atoms with Crippen LogP contribution in [-0.2, 0) is 11.2 Å². The van der Waals surface area contributed by atoms with Crippen molar-refractivity contribution in [2.75, 3.05) is 32.2 Å². The van der Waals surface area contributed by atoms with E-state index in [1.165, 1.54) is 5.57 Å². The van der Waals surface area contributed by atoms with Crippen LogP contribution in [0.2, 0.25) is 0 Å². The van der Waals surface area contributed by atoms with Crippen LogP contribution in [-0.4, -0.2) is 52.2 Å². The summed E-state index contributed by atoms with van der Waals surface area (Å²) in [7, 11) is 2.09. The molecule has 8 nitrogen and oxygen atoms in total. The molecule has 1 saturated carbocycles. The molecule has 0 atom stereocenters. The second-order valence-corrected chi connectivity index (χ2v) is 11.7. The Bertz CT molecular complexity index is 1420. The molecule has 9 heteroatoms. The molecular formula is C30H34BrN5O3. The number of carbonyl (C=O) groups excluding carboxylic acids is 1. The molecule has 3 aliphatic rings. The van der Waals surface area contributed by atoms with Gasteiger partial charge in [-0.3, -0.25) is 4.79 Å². The van der Waals surface area contributed by atoms with Crippen LogP contribution in [0.1, 0.15) is 55.7 Å². The number of carbonyl (C=O) groups is 1. The predicted octanol–water partition coefficient (Wildman–Crippen LogP) is 5.88. The Kier molecular flexibility index (Phi) is 7.59. The van der Waals surface area contributed by atoms with E-state index in [1.54, 1.807) is 0 Å². The Labute approximate surface area is 237 Å². The lowest BCUT2D eigenvalue weighted by Gasteiger charge is -2.28. The zero-order chi connectivity index (χ0) is 26.8. The molecule has 0 amide bonds. The number of nitrogens with zero attached hydrogens (tertiary/aromatic N) is 4. The molecule has 204 valence electrons. The Balaban J connectivity index is 1.04. The molecular weight excluding hydrogens is 558 g/mol. The van der Waals surface area contributed by atoms with Gasteiger partial charge in [-0.15, -0.1) is 0 Å². The number of nitrogens with one attached hydrogen (secondary N) is 1. The maximum Gasteiger partial charge on any atom is 0.231 e. The molecule has 3 aromatic rings. The number of Topliss-reactive ketones (excluding diaryl/α,β-unsaturated/α-hetero) is 1. The fourth-order valence-corrected chi connectivity index (χ4v) is 6.19. The molecule has 6 rings (SSSR count).